The van der Waals surface area contributed by atoms with Crippen LogP contribution in [0.15, 0.2) is 53.1 Å². The van der Waals surface area contributed by atoms with Gasteiger partial charge in [0.05, 0.1) is 0 Å². The van der Waals surface area contributed by atoms with Crippen LogP contribution in [0.5, 0.6) is 0 Å². The molecule has 3 aromatic rings. The average Bonchev–Trinajstić information content (AvgIpc) is 2.87. The van der Waals surface area contributed by atoms with E-state index in [1.54, 1.807) is 6.07 Å². The quantitative estimate of drug-likeness (QED) is 0.762. The van der Waals surface area contributed by atoms with Gasteiger partial charge in [-0.2, -0.15) is 0 Å². The third-order valence-electron chi connectivity index (χ3n) is 3.47. The van der Waals surface area contributed by atoms with Gasteiger partial charge in [0.25, 0.3) is 0 Å². The van der Waals surface area contributed by atoms with Gasteiger partial charge in [0, 0.05) is 34.8 Å². The predicted octanol–water partition coefficient (Wildman–Crippen LogP) is 4.14. The molecule has 0 saturated carbocycles. The lowest BCUT2D eigenvalue weighted by atomic mass is 10.2. The van der Waals surface area contributed by atoms with Gasteiger partial charge in [-0.3, -0.25) is 4.79 Å². The summed E-state index contributed by atoms with van der Waals surface area (Å²) in [5.74, 6) is 0.569. The minimum atomic E-state index is -0.0325. The maximum Gasteiger partial charge on any atom is 0.227 e. The molecule has 0 aliphatic carbocycles. The number of hydrogen-bond donors (Lipinski definition) is 1. The number of aryl methyl sites for hydroxylation is 2. The first-order chi connectivity index (χ1) is 10.6. The van der Waals surface area contributed by atoms with E-state index in [9.17, 15) is 4.79 Å². The number of aromatic nitrogens is 2. The first kappa shape index (κ1) is 14.8. The van der Waals surface area contributed by atoms with Crippen LogP contribution in [0.2, 0.25) is 0 Å². The van der Waals surface area contributed by atoms with Crippen molar-refractivity contribution in [3.63, 3.8) is 0 Å². The van der Waals surface area contributed by atoms with Crippen molar-refractivity contribution < 1.29 is 4.79 Å². The highest BCUT2D eigenvalue weighted by atomic mass is 79.9. The topological polar surface area (TPSA) is 46.9 Å². The lowest BCUT2D eigenvalue weighted by Crippen LogP contribution is -2.15. The number of carbonyl (C=O) groups excluding carboxylic acids is 1. The maximum atomic E-state index is 12.0. The van der Waals surface area contributed by atoms with Crippen LogP contribution in [-0.2, 0) is 11.3 Å². The molecule has 3 rings (SSSR count). The first-order valence-electron chi connectivity index (χ1n) is 7.10. The van der Waals surface area contributed by atoms with E-state index in [-0.39, 0.29) is 5.91 Å². The average molecular weight is 358 g/mol. The van der Waals surface area contributed by atoms with E-state index in [0.717, 1.165) is 15.7 Å². The third-order valence-corrected chi connectivity index (χ3v) is 3.96. The summed E-state index contributed by atoms with van der Waals surface area (Å²) in [6, 6.07) is 13.8. The summed E-state index contributed by atoms with van der Waals surface area (Å²) in [7, 11) is 0. The van der Waals surface area contributed by atoms with Crippen molar-refractivity contribution in [1.29, 1.82) is 0 Å². The number of nitrogens with one attached hydrogen (secondary N) is 1. The van der Waals surface area contributed by atoms with Crippen molar-refractivity contribution in [3.05, 3.63) is 58.8 Å². The third kappa shape index (κ3) is 3.36. The molecule has 2 aromatic heterocycles. The number of fused-ring (bicyclic) bond motifs is 1. The lowest BCUT2D eigenvalue weighted by molar-refractivity contribution is -0.116. The van der Waals surface area contributed by atoms with E-state index in [1.165, 1.54) is 5.39 Å². The fourth-order valence-electron chi connectivity index (χ4n) is 2.39. The number of carbonyl (C=O) groups is 1. The summed E-state index contributed by atoms with van der Waals surface area (Å²) in [5, 5.41) is 4.00. The maximum absolute atomic E-state index is 12.0. The van der Waals surface area contributed by atoms with E-state index >= 15 is 0 Å². The van der Waals surface area contributed by atoms with E-state index in [1.807, 2.05) is 31.3 Å². The molecule has 0 radical (unpaired) electrons. The highest BCUT2D eigenvalue weighted by Gasteiger charge is 2.06. The van der Waals surface area contributed by atoms with Crippen molar-refractivity contribution in [1.82, 2.24) is 9.55 Å². The SMILES string of the molecule is Cc1cccc(NC(=O)CCn2ccc3ccc(Br)cc32)n1. The van der Waals surface area contributed by atoms with E-state index < -0.39 is 0 Å². The molecule has 0 aliphatic rings. The largest absolute Gasteiger partial charge is 0.347 e. The van der Waals surface area contributed by atoms with Gasteiger partial charge in [0.15, 0.2) is 0 Å². The van der Waals surface area contributed by atoms with Crippen LogP contribution in [0.25, 0.3) is 10.9 Å². The number of pyridine rings is 1. The normalized spacial score (nSPS) is 10.8. The van der Waals surface area contributed by atoms with Gasteiger partial charge in [-0.1, -0.05) is 28.1 Å². The minimum absolute atomic E-state index is 0.0325. The Morgan fingerprint density at radius 1 is 1.27 bits per heavy atom. The van der Waals surface area contributed by atoms with Gasteiger partial charge in [0.1, 0.15) is 5.82 Å². The summed E-state index contributed by atoms with van der Waals surface area (Å²) in [4.78, 5) is 16.3. The summed E-state index contributed by atoms with van der Waals surface area (Å²) in [6.07, 6.45) is 2.42. The standard InChI is InChI=1S/C17H16BrN3O/c1-12-3-2-4-16(19-12)20-17(22)8-10-21-9-7-13-5-6-14(18)11-15(13)21/h2-7,9,11H,8,10H2,1H3,(H,19,20,22). The van der Waals surface area contributed by atoms with Crippen LogP contribution in [0.3, 0.4) is 0 Å². The smallest absolute Gasteiger partial charge is 0.227 e. The summed E-state index contributed by atoms with van der Waals surface area (Å²) in [5.41, 5.74) is 2.01. The molecule has 0 unspecified atom stereocenters. The Kier molecular flexibility index (Phi) is 4.24. The lowest BCUT2D eigenvalue weighted by Gasteiger charge is -2.07. The zero-order chi connectivity index (χ0) is 15.5. The summed E-state index contributed by atoms with van der Waals surface area (Å²) < 4.78 is 3.12. The molecule has 0 saturated heterocycles. The molecule has 1 N–H and O–H groups in total. The zero-order valence-corrected chi connectivity index (χ0v) is 13.8. The van der Waals surface area contributed by atoms with E-state index in [4.69, 9.17) is 0 Å². The van der Waals surface area contributed by atoms with Gasteiger partial charge in [-0.15, -0.1) is 0 Å². The molecule has 112 valence electrons. The number of rotatable bonds is 4. The second-order valence-electron chi connectivity index (χ2n) is 5.17. The highest BCUT2D eigenvalue weighted by Crippen LogP contribution is 2.21. The molecule has 0 spiro atoms. The van der Waals surface area contributed by atoms with Crippen molar-refractivity contribution in [2.24, 2.45) is 0 Å². The number of anilines is 1. The Morgan fingerprint density at radius 2 is 2.14 bits per heavy atom. The van der Waals surface area contributed by atoms with Crippen molar-refractivity contribution in [2.75, 3.05) is 5.32 Å². The van der Waals surface area contributed by atoms with Gasteiger partial charge in [0.2, 0.25) is 5.91 Å². The van der Waals surface area contributed by atoms with Crippen LogP contribution in [-0.4, -0.2) is 15.5 Å². The summed E-state index contributed by atoms with van der Waals surface area (Å²) in [6.45, 7) is 2.54. The van der Waals surface area contributed by atoms with Gasteiger partial charge in [-0.05, 0) is 42.6 Å². The zero-order valence-electron chi connectivity index (χ0n) is 12.2. The molecule has 1 aromatic carbocycles. The number of hydrogen-bond acceptors (Lipinski definition) is 2. The highest BCUT2D eigenvalue weighted by molar-refractivity contribution is 9.10. The molecule has 1 amide bonds. The van der Waals surface area contributed by atoms with Gasteiger partial charge in [-0.25, -0.2) is 4.98 Å². The second kappa shape index (κ2) is 6.32. The Hall–Kier alpha value is -2.14. The molecule has 22 heavy (non-hydrogen) atoms. The first-order valence-corrected chi connectivity index (χ1v) is 7.89. The van der Waals surface area contributed by atoms with Crippen LogP contribution < -0.4 is 5.32 Å². The van der Waals surface area contributed by atoms with Gasteiger partial charge < -0.3 is 9.88 Å². The molecule has 0 fully saturated rings. The number of halogens is 1. The Labute approximate surface area is 137 Å². The fraction of sp³-hybridized carbons (Fsp3) is 0.176. The molecule has 5 heteroatoms. The number of nitrogens with zero attached hydrogens (tertiary/aromatic N) is 2. The fourth-order valence-corrected chi connectivity index (χ4v) is 2.74. The second-order valence-corrected chi connectivity index (χ2v) is 6.09. The van der Waals surface area contributed by atoms with E-state index in [0.29, 0.717) is 18.8 Å². The molecule has 4 nitrogen and oxygen atoms in total. The molecule has 2 heterocycles. The molecular weight excluding hydrogens is 342 g/mol. The molecular formula is C17H16BrN3O. The monoisotopic (exact) mass is 357 g/mol. The Morgan fingerprint density at radius 3 is 2.95 bits per heavy atom. The van der Waals surface area contributed by atoms with Crippen molar-refractivity contribution in [3.8, 4) is 0 Å². The molecule has 0 bridgehead atoms. The van der Waals surface area contributed by atoms with Crippen molar-refractivity contribution in [2.45, 2.75) is 19.9 Å². The van der Waals surface area contributed by atoms with Crippen LogP contribution >= 0.6 is 15.9 Å². The van der Waals surface area contributed by atoms with Gasteiger partial charge >= 0.3 is 0 Å². The van der Waals surface area contributed by atoms with Crippen LogP contribution in [0.1, 0.15) is 12.1 Å². The molecule has 0 aliphatic heterocycles. The Balaban J connectivity index is 1.66. The van der Waals surface area contributed by atoms with E-state index in [2.05, 4.69) is 49.0 Å². The Bertz CT molecular complexity index is 826. The van der Waals surface area contributed by atoms with Crippen LogP contribution in [0.4, 0.5) is 5.82 Å². The minimum Gasteiger partial charge on any atom is -0.347 e. The van der Waals surface area contributed by atoms with Crippen molar-refractivity contribution >= 4 is 38.6 Å². The summed E-state index contributed by atoms with van der Waals surface area (Å²) >= 11 is 3.48. The predicted molar refractivity (Wildman–Crippen MR) is 91.9 cm³/mol. The van der Waals surface area contributed by atoms with Crippen LogP contribution in [0, 0.1) is 6.92 Å². The molecule has 0 atom stereocenters. The number of benzene rings is 1. The number of amides is 1.